The number of methoxy groups -OCH3 is 1. The highest BCUT2D eigenvalue weighted by Gasteiger charge is 2.37. The number of carbonyl (C=O) groups is 1. The summed E-state index contributed by atoms with van der Waals surface area (Å²) in [5.74, 6) is 1.09. The molecule has 1 aromatic heterocycles. The van der Waals surface area contributed by atoms with Gasteiger partial charge in [0.2, 0.25) is 0 Å². The molecule has 1 unspecified atom stereocenters. The Labute approximate surface area is 229 Å². The van der Waals surface area contributed by atoms with E-state index in [2.05, 4.69) is 49.7 Å². The second-order valence-electron chi connectivity index (χ2n) is 10.4. The lowest BCUT2D eigenvalue weighted by Crippen LogP contribution is -2.48. The van der Waals surface area contributed by atoms with Gasteiger partial charge in [-0.05, 0) is 86.3 Å². The molecule has 2 aromatic carbocycles. The second kappa shape index (κ2) is 10.7. The van der Waals surface area contributed by atoms with Crippen molar-refractivity contribution in [2.24, 2.45) is 4.99 Å². The zero-order chi connectivity index (χ0) is 26.9. The lowest BCUT2D eigenvalue weighted by atomic mass is 9.79. The van der Waals surface area contributed by atoms with Crippen LogP contribution in [0.1, 0.15) is 56.7 Å². The van der Waals surface area contributed by atoms with Gasteiger partial charge in [-0.1, -0.05) is 31.2 Å². The Bertz CT molecular complexity index is 1390. The van der Waals surface area contributed by atoms with Gasteiger partial charge in [-0.3, -0.25) is 14.7 Å². The first-order chi connectivity index (χ1) is 18.3. The van der Waals surface area contributed by atoms with Gasteiger partial charge < -0.3 is 9.64 Å². The van der Waals surface area contributed by atoms with Crippen LogP contribution >= 0.6 is 11.8 Å². The van der Waals surface area contributed by atoms with Crippen molar-refractivity contribution in [2.75, 3.05) is 18.6 Å². The van der Waals surface area contributed by atoms with Gasteiger partial charge in [0, 0.05) is 41.8 Å². The van der Waals surface area contributed by atoms with Crippen molar-refractivity contribution in [1.82, 2.24) is 9.88 Å². The predicted molar refractivity (Wildman–Crippen MR) is 157 cm³/mol. The molecule has 0 N–H and O–H groups in total. The first-order valence-corrected chi connectivity index (χ1v) is 13.9. The van der Waals surface area contributed by atoms with E-state index in [1.807, 2.05) is 48.5 Å². The Kier molecular flexibility index (Phi) is 7.30. The normalized spacial score (nSPS) is 20.8. The zero-order valence-corrected chi connectivity index (χ0v) is 23.5. The number of hydrogen-bond donors (Lipinski definition) is 0. The van der Waals surface area contributed by atoms with Crippen LogP contribution in [0.4, 0.5) is 11.4 Å². The summed E-state index contributed by atoms with van der Waals surface area (Å²) < 4.78 is 5.85. The minimum Gasteiger partial charge on any atom is -0.496 e. The van der Waals surface area contributed by atoms with E-state index in [9.17, 15) is 4.79 Å². The molecule has 3 heterocycles. The zero-order valence-electron chi connectivity index (χ0n) is 22.6. The van der Waals surface area contributed by atoms with Crippen molar-refractivity contribution in [2.45, 2.75) is 52.1 Å². The summed E-state index contributed by atoms with van der Waals surface area (Å²) in [5.41, 5.74) is 5.24. The second-order valence-corrected chi connectivity index (χ2v) is 11.4. The molecule has 0 aliphatic carbocycles. The summed E-state index contributed by atoms with van der Waals surface area (Å²) in [7, 11) is 1.69. The Balaban J connectivity index is 1.56. The summed E-state index contributed by atoms with van der Waals surface area (Å²) >= 11 is 1.40. The number of anilines is 1. The Morgan fingerprint density at radius 3 is 2.66 bits per heavy atom. The molecule has 6 nitrogen and oxygen atoms in total. The van der Waals surface area contributed by atoms with E-state index in [1.54, 1.807) is 24.4 Å². The smallest absolute Gasteiger partial charge is 0.267 e. The lowest BCUT2D eigenvalue weighted by Gasteiger charge is -2.47. The number of benzene rings is 2. The Morgan fingerprint density at radius 2 is 1.97 bits per heavy atom. The number of carbonyl (C=O) groups excluding carboxylic acids is 1. The van der Waals surface area contributed by atoms with Crippen LogP contribution in [0.15, 0.2) is 76.9 Å². The molecular formula is C31H34N4O2S. The topological polar surface area (TPSA) is 58.0 Å². The van der Waals surface area contributed by atoms with Crippen molar-refractivity contribution >= 4 is 40.3 Å². The fourth-order valence-electron chi connectivity index (χ4n) is 5.57. The minimum atomic E-state index is -0.0716. The van der Waals surface area contributed by atoms with E-state index in [0.717, 1.165) is 35.5 Å². The summed E-state index contributed by atoms with van der Waals surface area (Å²) in [5, 5.41) is 0.653. The van der Waals surface area contributed by atoms with Crippen LogP contribution in [-0.2, 0) is 11.3 Å². The van der Waals surface area contributed by atoms with Crippen LogP contribution in [0.3, 0.4) is 0 Å². The van der Waals surface area contributed by atoms with Gasteiger partial charge in [-0.2, -0.15) is 0 Å². The maximum absolute atomic E-state index is 13.7. The van der Waals surface area contributed by atoms with Crippen molar-refractivity contribution in [3.63, 3.8) is 0 Å². The van der Waals surface area contributed by atoms with Gasteiger partial charge in [-0.25, -0.2) is 4.99 Å². The molecule has 38 heavy (non-hydrogen) atoms. The van der Waals surface area contributed by atoms with E-state index in [-0.39, 0.29) is 11.4 Å². The fraction of sp³-hybridized carbons (Fsp3) is 0.323. The number of ether oxygens (including phenoxy) is 1. The molecule has 0 radical (unpaired) electrons. The third-order valence-electron chi connectivity index (χ3n) is 7.27. The van der Waals surface area contributed by atoms with E-state index in [0.29, 0.717) is 22.5 Å². The maximum Gasteiger partial charge on any atom is 0.267 e. The summed E-state index contributed by atoms with van der Waals surface area (Å²) in [6.45, 7) is 10.4. The van der Waals surface area contributed by atoms with Crippen LogP contribution in [-0.4, -0.2) is 40.2 Å². The van der Waals surface area contributed by atoms with Gasteiger partial charge in [0.1, 0.15) is 5.75 Å². The van der Waals surface area contributed by atoms with Crippen LogP contribution in [0, 0.1) is 0 Å². The number of amides is 1. The number of aromatic nitrogens is 1. The van der Waals surface area contributed by atoms with Gasteiger partial charge in [0.25, 0.3) is 5.91 Å². The highest BCUT2D eigenvalue weighted by molar-refractivity contribution is 8.18. The average molecular weight is 527 g/mol. The van der Waals surface area contributed by atoms with Gasteiger partial charge in [0.15, 0.2) is 5.17 Å². The van der Waals surface area contributed by atoms with Crippen LogP contribution in [0.25, 0.3) is 6.08 Å². The van der Waals surface area contributed by atoms with Crippen molar-refractivity contribution in [1.29, 1.82) is 0 Å². The van der Waals surface area contributed by atoms with E-state index in [4.69, 9.17) is 9.73 Å². The largest absolute Gasteiger partial charge is 0.496 e. The average Bonchev–Trinajstić information content (AvgIpc) is 3.18. The standard InChI is InChI=1S/C31H34N4O2S/c1-6-35-26-17-27(37-5)23(15-25(26)21(2)18-31(35,3)4)16-28-29(36)34(20-22-11-10-14-32-19-22)30(38-28)33-24-12-8-7-9-13-24/h7-17,19,21H,6,18,20H2,1-5H3/b28-16+,33-30?. The molecular weight excluding hydrogens is 492 g/mol. The van der Waals surface area contributed by atoms with Crippen molar-refractivity contribution in [3.8, 4) is 5.75 Å². The summed E-state index contributed by atoms with van der Waals surface area (Å²) in [6.07, 6.45) is 6.54. The third kappa shape index (κ3) is 5.07. The molecule has 1 amide bonds. The molecule has 5 rings (SSSR count). The lowest BCUT2D eigenvalue weighted by molar-refractivity contribution is -0.122. The fourth-order valence-corrected chi connectivity index (χ4v) is 6.56. The minimum absolute atomic E-state index is 0.0685. The predicted octanol–water partition coefficient (Wildman–Crippen LogP) is 7.01. The van der Waals surface area contributed by atoms with E-state index in [1.165, 1.54) is 23.0 Å². The quantitative estimate of drug-likeness (QED) is 0.324. The molecule has 3 aromatic rings. The molecule has 0 saturated carbocycles. The number of aliphatic imine (C=N–C) groups is 1. The number of thioether (sulfide) groups is 1. The molecule has 1 fully saturated rings. The van der Waals surface area contributed by atoms with Crippen LogP contribution in [0.2, 0.25) is 0 Å². The van der Waals surface area contributed by atoms with Crippen molar-refractivity contribution < 1.29 is 9.53 Å². The molecule has 7 heteroatoms. The van der Waals surface area contributed by atoms with Gasteiger partial charge in [0.05, 0.1) is 24.2 Å². The molecule has 2 aliphatic heterocycles. The molecule has 0 spiro atoms. The Hall–Kier alpha value is -3.58. The molecule has 1 saturated heterocycles. The number of pyridine rings is 1. The first-order valence-electron chi connectivity index (χ1n) is 13.0. The van der Waals surface area contributed by atoms with Crippen LogP contribution in [0.5, 0.6) is 5.75 Å². The monoisotopic (exact) mass is 526 g/mol. The molecule has 196 valence electrons. The first kappa shape index (κ1) is 26.0. The highest BCUT2D eigenvalue weighted by atomic mass is 32.2. The molecule has 0 bridgehead atoms. The Morgan fingerprint density at radius 1 is 1.18 bits per heavy atom. The highest BCUT2D eigenvalue weighted by Crippen LogP contribution is 2.46. The summed E-state index contributed by atoms with van der Waals surface area (Å²) in [4.78, 5) is 27.6. The van der Waals surface area contributed by atoms with E-state index < -0.39 is 0 Å². The number of fused-ring (bicyclic) bond motifs is 1. The number of nitrogens with zero attached hydrogens (tertiary/aromatic N) is 4. The number of hydrogen-bond acceptors (Lipinski definition) is 6. The van der Waals surface area contributed by atoms with Gasteiger partial charge >= 0.3 is 0 Å². The summed E-state index contributed by atoms with van der Waals surface area (Å²) in [6, 6.07) is 17.9. The SMILES string of the molecule is CCN1c2cc(OC)c(/C=C3/SC(=Nc4ccccc4)N(Cc4cccnc4)C3=O)cc2C(C)CC1(C)C. The number of para-hydroxylation sites is 1. The maximum atomic E-state index is 13.7. The van der Waals surface area contributed by atoms with Crippen molar-refractivity contribution in [3.05, 3.63) is 88.6 Å². The van der Waals surface area contributed by atoms with Gasteiger partial charge in [-0.15, -0.1) is 0 Å². The third-order valence-corrected chi connectivity index (χ3v) is 8.28. The van der Waals surface area contributed by atoms with Crippen LogP contribution < -0.4 is 9.64 Å². The molecule has 2 aliphatic rings. The van der Waals surface area contributed by atoms with E-state index >= 15 is 0 Å². The molecule has 1 atom stereocenters. The number of amidine groups is 1. The number of rotatable bonds is 6.